The van der Waals surface area contributed by atoms with E-state index in [1.54, 1.807) is 0 Å². The van der Waals surface area contributed by atoms with Crippen molar-refractivity contribution in [3.05, 3.63) is 0 Å². The Bertz CT molecular complexity index is 203. The maximum atomic E-state index is 3.67. The van der Waals surface area contributed by atoms with E-state index in [9.17, 15) is 0 Å². The number of nitrogens with zero attached hydrogens (tertiary/aromatic N) is 1. The minimum atomic E-state index is 0.671. The molecule has 1 aliphatic carbocycles. The first-order valence-electron chi connectivity index (χ1n) is 6.43. The Morgan fingerprint density at radius 1 is 1.27 bits per heavy atom. The second kappa shape index (κ2) is 4.75. The van der Waals surface area contributed by atoms with E-state index < -0.39 is 0 Å². The molecule has 15 heavy (non-hydrogen) atoms. The fraction of sp³-hybridized carbons (Fsp3) is 1.00. The fourth-order valence-corrected chi connectivity index (χ4v) is 3.50. The Morgan fingerprint density at radius 2 is 1.87 bits per heavy atom. The zero-order chi connectivity index (χ0) is 10.9. The average molecular weight is 274 g/mol. The first-order valence-corrected chi connectivity index (χ1v) is 7.56. The lowest BCUT2D eigenvalue weighted by molar-refractivity contribution is 0.138. The van der Waals surface area contributed by atoms with Gasteiger partial charge in [-0.05, 0) is 56.0 Å². The molecule has 0 aromatic heterocycles. The van der Waals surface area contributed by atoms with Gasteiger partial charge in [-0.25, -0.2) is 0 Å². The zero-order valence-corrected chi connectivity index (χ0v) is 11.7. The molecule has 2 aliphatic rings. The summed E-state index contributed by atoms with van der Waals surface area (Å²) in [6.45, 7) is 8.79. The van der Waals surface area contributed by atoms with Gasteiger partial charge in [0, 0.05) is 11.9 Å². The first-order chi connectivity index (χ1) is 7.15. The van der Waals surface area contributed by atoms with Crippen molar-refractivity contribution in [3.63, 3.8) is 0 Å². The molecule has 2 heteroatoms. The Labute approximate surface area is 103 Å². The van der Waals surface area contributed by atoms with Crippen LogP contribution >= 0.6 is 15.9 Å². The van der Waals surface area contributed by atoms with E-state index in [-0.39, 0.29) is 0 Å². The highest BCUT2D eigenvalue weighted by atomic mass is 79.9. The third kappa shape index (κ3) is 2.97. The maximum absolute atomic E-state index is 3.67. The fourth-order valence-electron chi connectivity index (χ4n) is 2.76. The highest BCUT2D eigenvalue weighted by molar-refractivity contribution is 9.09. The van der Waals surface area contributed by atoms with Crippen LogP contribution in [0.4, 0.5) is 0 Å². The number of piperidine rings is 1. The molecule has 0 bridgehead atoms. The molecule has 1 heterocycles. The van der Waals surface area contributed by atoms with Crippen LogP contribution in [-0.4, -0.2) is 29.9 Å². The highest BCUT2D eigenvalue weighted by Gasteiger charge is 2.43. The SMILES string of the molecule is CC(C)C1CCN(CC2(CBr)CC2)CC1. The zero-order valence-electron chi connectivity index (χ0n) is 10.1. The van der Waals surface area contributed by atoms with E-state index in [1.165, 1.54) is 50.6 Å². The molecule has 1 saturated carbocycles. The third-order valence-corrected chi connectivity index (χ3v) is 5.56. The van der Waals surface area contributed by atoms with Crippen LogP contribution < -0.4 is 0 Å². The van der Waals surface area contributed by atoms with Crippen molar-refractivity contribution in [3.8, 4) is 0 Å². The van der Waals surface area contributed by atoms with Gasteiger partial charge in [0.1, 0.15) is 0 Å². The molecule has 0 aromatic carbocycles. The van der Waals surface area contributed by atoms with Gasteiger partial charge in [0.2, 0.25) is 0 Å². The van der Waals surface area contributed by atoms with E-state index in [1.807, 2.05) is 0 Å². The third-order valence-electron chi connectivity index (χ3n) is 4.37. The van der Waals surface area contributed by atoms with Crippen molar-refractivity contribution in [1.29, 1.82) is 0 Å². The van der Waals surface area contributed by atoms with Gasteiger partial charge in [0.15, 0.2) is 0 Å². The van der Waals surface area contributed by atoms with Gasteiger partial charge in [-0.2, -0.15) is 0 Å². The molecule has 0 unspecified atom stereocenters. The van der Waals surface area contributed by atoms with Crippen molar-refractivity contribution >= 4 is 15.9 Å². The molecule has 0 atom stereocenters. The normalized spacial score (nSPS) is 27.2. The number of rotatable bonds is 4. The number of hydrogen-bond acceptors (Lipinski definition) is 1. The lowest BCUT2D eigenvalue weighted by Crippen LogP contribution is -2.39. The molecule has 1 nitrogen and oxygen atoms in total. The smallest absolute Gasteiger partial charge is 0.0100 e. The Morgan fingerprint density at radius 3 is 2.27 bits per heavy atom. The summed E-state index contributed by atoms with van der Waals surface area (Å²) >= 11 is 3.67. The van der Waals surface area contributed by atoms with Crippen LogP contribution in [0.1, 0.15) is 39.5 Å². The minimum absolute atomic E-state index is 0.671. The topological polar surface area (TPSA) is 3.24 Å². The monoisotopic (exact) mass is 273 g/mol. The van der Waals surface area contributed by atoms with E-state index in [0.29, 0.717) is 5.41 Å². The van der Waals surface area contributed by atoms with E-state index in [4.69, 9.17) is 0 Å². The van der Waals surface area contributed by atoms with Gasteiger partial charge in [0.25, 0.3) is 0 Å². The van der Waals surface area contributed by atoms with Crippen LogP contribution in [0.3, 0.4) is 0 Å². The summed E-state index contributed by atoms with van der Waals surface area (Å²) in [7, 11) is 0. The van der Waals surface area contributed by atoms with Gasteiger partial charge < -0.3 is 4.90 Å². The molecule has 2 fully saturated rings. The average Bonchev–Trinajstić information content (AvgIpc) is 2.99. The predicted octanol–water partition coefficient (Wildman–Crippen LogP) is 3.53. The van der Waals surface area contributed by atoms with Crippen molar-refractivity contribution in [2.24, 2.45) is 17.3 Å². The molecule has 0 radical (unpaired) electrons. The quantitative estimate of drug-likeness (QED) is 0.709. The second-order valence-electron chi connectivity index (χ2n) is 5.99. The Hall–Kier alpha value is 0.440. The van der Waals surface area contributed by atoms with E-state index in [0.717, 1.165) is 11.8 Å². The van der Waals surface area contributed by atoms with Gasteiger partial charge in [-0.1, -0.05) is 29.8 Å². The van der Waals surface area contributed by atoms with Gasteiger partial charge >= 0.3 is 0 Å². The summed E-state index contributed by atoms with van der Waals surface area (Å²) in [5.41, 5.74) is 0.671. The lowest BCUT2D eigenvalue weighted by Gasteiger charge is -2.35. The van der Waals surface area contributed by atoms with Crippen LogP contribution in [0.15, 0.2) is 0 Å². The van der Waals surface area contributed by atoms with Gasteiger partial charge in [0.05, 0.1) is 0 Å². The lowest BCUT2D eigenvalue weighted by atomic mass is 9.86. The van der Waals surface area contributed by atoms with E-state index in [2.05, 4.69) is 34.7 Å². The standard InChI is InChI=1S/C13H24BrN/c1-11(2)12-3-7-15(8-4-12)10-13(9-14)5-6-13/h11-12H,3-10H2,1-2H3. The van der Waals surface area contributed by atoms with Crippen LogP contribution in [0.25, 0.3) is 0 Å². The van der Waals surface area contributed by atoms with Crippen molar-refractivity contribution < 1.29 is 0 Å². The van der Waals surface area contributed by atoms with Crippen molar-refractivity contribution in [2.75, 3.05) is 25.0 Å². The molecule has 1 aliphatic heterocycles. The predicted molar refractivity (Wildman–Crippen MR) is 69.5 cm³/mol. The number of hydrogen-bond donors (Lipinski definition) is 0. The van der Waals surface area contributed by atoms with Crippen LogP contribution in [0, 0.1) is 17.3 Å². The molecule has 0 spiro atoms. The summed E-state index contributed by atoms with van der Waals surface area (Å²) in [4.78, 5) is 2.70. The molecular weight excluding hydrogens is 250 g/mol. The van der Waals surface area contributed by atoms with E-state index >= 15 is 0 Å². The second-order valence-corrected chi connectivity index (χ2v) is 6.55. The van der Waals surface area contributed by atoms with Crippen LogP contribution in [0.5, 0.6) is 0 Å². The van der Waals surface area contributed by atoms with Crippen molar-refractivity contribution in [2.45, 2.75) is 39.5 Å². The number of alkyl halides is 1. The summed E-state index contributed by atoms with van der Waals surface area (Å²) in [5.74, 6) is 1.87. The molecule has 0 N–H and O–H groups in total. The van der Waals surface area contributed by atoms with Crippen LogP contribution in [-0.2, 0) is 0 Å². The largest absolute Gasteiger partial charge is 0.303 e. The first kappa shape index (κ1) is 11.9. The molecule has 0 aromatic rings. The highest BCUT2D eigenvalue weighted by Crippen LogP contribution is 2.48. The molecular formula is C13H24BrN. The van der Waals surface area contributed by atoms with Gasteiger partial charge in [-0.15, -0.1) is 0 Å². The minimum Gasteiger partial charge on any atom is -0.303 e. The molecule has 0 amide bonds. The summed E-state index contributed by atoms with van der Waals surface area (Å²) in [6.07, 6.45) is 5.75. The van der Waals surface area contributed by atoms with Crippen molar-refractivity contribution in [1.82, 2.24) is 4.90 Å². The number of halogens is 1. The Balaban J connectivity index is 1.74. The molecule has 2 rings (SSSR count). The summed E-state index contributed by atoms with van der Waals surface area (Å²) in [6, 6.07) is 0. The number of likely N-dealkylation sites (tertiary alicyclic amines) is 1. The maximum Gasteiger partial charge on any atom is 0.0100 e. The summed E-state index contributed by atoms with van der Waals surface area (Å²) in [5, 5.41) is 1.21. The van der Waals surface area contributed by atoms with Crippen LogP contribution in [0.2, 0.25) is 0 Å². The molecule has 88 valence electrons. The van der Waals surface area contributed by atoms with Gasteiger partial charge in [-0.3, -0.25) is 0 Å². The summed E-state index contributed by atoms with van der Waals surface area (Å²) < 4.78 is 0. The Kier molecular flexibility index (Phi) is 3.77. The molecule has 1 saturated heterocycles.